The van der Waals surface area contributed by atoms with E-state index in [-0.39, 0.29) is 6.54 Å². The highest BCUT2D eigenvalue weighted by Gasteiger charge is 2.26. The Balaban J connectivity index is 1.84. The molecular formula is C22H23FN2O4. The average molecular weight is 398 g/mol. The van der Waals surface area contributed by atoms with Crippen LogP contribution in [-0.2, 0) is 9.47 Å². The summed E-state index contributed by atoms with van der Waals surface area (Å²) in [6, 6.07) is 7.78. The number of methoxy groups -OCH3 is 1. The van der Waals surface area contributed by atoms with Crippen LogP contribution < -0.4 is 0 Å². The molecule has 0 saturated carbocycles. The number of amides is 1. The van der Waals surface area contributed by atoms with Crippen molar-refractivity contribution >= 4 is 17.6 Å². The summed E-state index contributed by atoms with van der Waals surface area (Å²) in [5.74, 6) is -0.863. The lowest BCUT2D eigenvalue weighted by Gasteiger charge is -2.24. The van der Waals surface area contributed by atoms with Gasteiger partial charge in [0.25, 0.3) is 0 Å². The first-order valence-corrected chi connectivity index (χ1v) is 9.19. The van der Waals surface area contributed by atoms with Gasteiger partial charge in [-0.1, -0.05) is 6.08 Å². The van der Waals surface area contributed by atoms with E-state index >= 15 is 0 Å². The van der Waals surface area contributed by atoms with E-state index in [2.05, 4.69) is 4.98 Å². The third kappa shape index (κ3) is 4.80. The van der Waals surface area contributed by atoms with Crippen molar-refractivity contribution in [2.45, 2.75) is 26.4 Å². The van der Waals surface area contributed by atoms with E-state index in [1.807, 2.05) is 6.08 Å². The van der Waals surface area contributed by atoms with Crippen LogP contribution in [0, 0.1) is 5.82 Å². The van der Waals surface area contributed by atoms with Crippen LogP contribution in [0.5, 0.6) is 0 Å². The number of nitrogens with zero attached hydrogens (tertiary/aromatic N) is 2. The lowest BCUT2D eigenvalue weighted by Crippen LogP contribution is -2.35. The van der Waals surface area contributed by atoms with E-state index < -0.39 is 23.5 Å². The predicted molar refractivity (Wildman–Crippen MR) is 107 cm³/mol. The van der Waals surface area contributed by atoms with Gasteiger partial charge in [0.2, 0.25) is 0 Å². The largest absolute Gasteiger partial charge is 0.465 e. The van der Waals surface area contributed by atoms with E-state index in [4.69, 9.17) is 9.47 Å². The van der Waals surface area contributed by atoms with Crippen LogP contribution in [-0.4, -0.2) is 47.7 Å². The molecule has 152 valence electrons. The first kappa shape index (κ1) is 20.5. The summed E-state index contributed by atoms with van der Waals surface area (Å²) < 4.78 is 24.6. The van der Waals surface area contributed by atoms with E-state index in [0.29, 0.717) is 34.5 Å². The van der Waals surface area contributed by atoms with Crippen molar-refractivity contribution in [1.82, 2.24) is 9.88 Å². The molecule has 1 aliphatic heterocycles. The third-order valence-electron chi connectivity index (χ3n) is 4.36. The number of halogens is 1. The molecular weight excluding hydrogens is 375 g/mol. The van der Waals surface area contributed by atoms with Crippen molar-refractivity contribution in [2.75, 3.05) is 20.2 Å². The number of hydrogen-bond acceptors (Lipinski definition) is 5. The quantitative estimate of drug-likeness (QED) is 0.721. The molecule has 1 aromatic heterocycles. The van der Waals surface area contributed by atoms with Gasteiger partial charge in [-0.2, -0.15) is 0 Å². The molecule has 0 unspecified atom stereocenters. The van der Waals surface area contributed by atoms with Gasteiger partial charge in [0.15, 0.2) is 0 Å². The van der Waals surface area contributed by atoms with Crippen LogP contribution in [0.1, 0.15) is 36.7 Å². The van der Waals surface area contributed by atoms with Crippen molar-refractivity contribution in [3.05, 3.63) is 59.5 Å². The second kappa shape index (κ2) is 8.03. The minimum atomic E-state index is -0.596. The van der Waals surface area contributed by atoms with Crippen LogP contribution in [0.2, 0.25) is 0 Å². The molecule has 0 aliphatic carbocycles. The van der Waals surface area contributed by atoms with Crippen LogP contribution in [0.25, 0.3) is 16.8 Å². The van der Waals surface area contributed by atoms with Gasteiger partial charge in [0, 0.05) is 30.4 Å². The lowest BCUT2D eigenvalue weighted by molar-refractivity contribution is 0.0306. The molecule has 0 bridgehead atoms. The smallest absolute Gasteiger partial charge is 0.410 e. The molecule has 0 spiro atoms. The summed E-state index contributed by atoms with van der Waals surface area (Å²) in [4.78, 5) is 29.8. The Bertz CT molecular complexity index is 979. The highest BCUT2D eigenvalue weighted by Crippen LogP contribution is 2.29. The van der Waals surface area contributed by atoms with Gasteiger partial charge in [0.1, 0.15) is 11.4 Å². The van der Waals surface area contributed by atoms with Crippen LogP contribution in [0.15, 0.2) is 42.6 Å². The van der Waals surface area contributed by atoms with E-state index in [0.717, 1.165) is 0 Å². The molecule has 3 rings (SSSR count). The maximum Gasteiger partial charge on any atom is 0.410 e. The SMILES string of the molecule is COC(=O)c1ccnc(-c2ccc(F)c(C3=CCN(C(=O)OC(C)(C)C)C3)c2)c1. The Morgan fingerprint density at radius 3 is 2.62 bits per heavy atom. The Labute approximate surface area is 169 Å². The fraction of sp³-hybridized carbons (Fsp3) is 0.318. The standard InChI is InChI=1S/C22H23FN2O4/c1-22(2,3)29-21(27)25-10-8-16(13-25)17-11-14(5-6-18(17)23)19-12-15(7-9-24-19)20(26)28-4/h5-9,11-12H,10,13H2,1-4H3. The number of benzene rings is 1. The fourth-order valence-electron chi connectivity index (χ4n) is 2.98. The highest BCUT2D eigenvalue weighted by atomic mass is 19.1. The monoisotopic (exact) mass is 398 g/mol. The van der Waals surface area contributed by atoms with Crippen molar-refractivity contribution in [3.63, 3.8) is 0 Å². The number of aromatic nitrogens is 1. The van der Waals surface area contributed by atoms with Gasteiger partial charge in [-0.25, -0.2) is 14.0 Å². The van der Waals surface area contributed by atoms with Crippen LogP contribution in [0.4, 0.5) is 9.18 Å². The first-order chi connectivity index (χ1) is 13.7. The van der Waals surface area contributed by atoms with E-state index in [1.54, 1.807) is 45.0 Å². The number of ether oxygens (including phenoxy) is 2. The lowest BCUT2D eigenvalue weighted by atomic mass is 10.0. The minimum absolute atomic E-state index is 0.255. The Kier molecular flexibility index (Phi) is 5.68. The molecule has 0 saturated heterocycles. The van der Waals surface area contributed by atoms with Crippen LogP contribution >= 0.6 is 0 Å². The Morgan fingerprint density at radius 1 is 1.17 bits per heavy atom. The normalized spacial score (nSPS) is 13.8. The summed E-state index contributed by atoms with van der Waals surface area (Å²) in [5, 5.41) is 0. The first-order valence-electron chi connectivity index (χ1n) is 9.19. The molecule has 1 aliphatic rings. The summed E-state index contributed by atoms with van der Waals surface area (Å²) in [7, 11) is 1.31. The van der Waals surface area contributed by atoms with E-state index in [1.165, 1.54) is 24.3 Å². The van der Waals surface area contributed by atoms with Gasteiger partial charge < -0.3 is 14.4 Å². The molecule has 6 nitrogen and oxygen atoms in total. The maximum absolute atomic E-state index is 14.5. The minimum Gasteiger partial charge on any atom is -0.465 e. The zero-order valence-electron chi connectivity index (χ0n) is 16.9. The number of esters is 1. The average Bonchev–Trinajstić information content (AvgIpc) is 3.16. The summed E-state index contributed by atoms with van der Waals surface area (Å²) >= 11 is 0. The molecule has 2 aromatic rings. The summed E-state index contributed by atoms with van der Waals surface area (Å²) in [6.07, 6.45) is 2.88. The van der Waals surface area contributed by atoms with Crippen molar-refractivity contribution in [2.24, 2.45) is 0 Å². The van der Waals surface area contributed by atoms with Crippen molar-refractivity contribution in [3.8, 4) is 11.3 Å². The highest BCUT2D eigenvalue weighted by molar-refractivity contribution is 5.90. The number of hydrogen-bond donors (Lipinski definition) is 0. The molecule has 1 amide bonds. The zero-order chi connectivity index (χ0) is 21.2. The number of carbonyl (C=O) groups is 2. The van der Waals surface area contributed by atoms with Gasteiger partial charge in [0.05, 0.1) is 18.4 Å². The predicted octanol–water partition coefficient (Wildman–Crippen LogP) is 4.31. The number of carbonyl (C=O) groups excluding carboxylic acids is 2. The van der Waals surface area contributed by atoms with Crippen molar-refractivity contribution < 1.29 is 23.5 Å². The molecule has 0 atom stereocenters. The van der Waals surface area contributed by atoms with Gasteiger partial charge in [-0.15, -0.1) is 0 Å². The van der Waals surface area contributed by atoms with Crippen molar-refractivity contribution in [1.29, 1.82) is 0 Å². The van der Waals surface area contributed by atoms with E-state index in [9.17, 15) is 14.0 Å². The molecule has 0 fully saturated rings. The Morgan fingerprint density at radius 2 is 1.93 bits per heavy atom. The molecule has 2 heterocycles. The van der Waals surface area contributed by atoms with Gasteiger partial charge in [-0.3, -0.25) is 4.98 Å². The number of pyridine rings is 1. The third-order valence-corrected chi connectivity index (χ3v) is 4.36. The van der Waals surface area contributed by atoms with Gasteiger partial charge in [-0.05, 0) is 56.7 Å². The fourth-order valence-corrected chi connectivity index (χ4v) is 2.98. The molecule has 0 radical (unpaired) electrons. The zero-order valence-corrected chi connectivity index (χ0v) is 16.9. The molecule has 29 heavy (non-hydrogen) atoms. The molecule has 0 N–H and O–H groups in total. The maximum atomic E-state index is 14.5. The van der Waals surface area contributed by atoms with Crippen LogP contribution in [0.3, 0.4) is 0 Å². The number of rotatable bonds is 3. The van der Waals surface area contributed by atoms with Gasteiger partial charge >= 0.3 is 12.1 Å². The topological polar surface area (TPSA) is 68.7 Å². The summed E-state index contributed by atoms with van der Waals surface area (Å²) in [6.45, 7) is 6.00. The molecule has 1 aromatic carbocycles. The second-order valence-corrected chi connectivity index (χ2v) is 7.71. The summed E-state index contributed by atoms with van der Waals surface area (Å²) in [5.41, 5.74) is 2.03. The Hall–Kier alpha value is -3.22. The second-order valence-electron chi connectivity index (χ2n) is 7.71. The molecule has 7 heteroatoms.